The molecule has 3 aromatic rings. The van der Waals surface area contributed by atoms with Gasteiger partial charge in [0.1, 0.15) is 11.6 Å². The first-order chi connectivity index (χ1) is 18.5. The molecule has 1 saturated heterocycles. The van der Waals surface area contributed by atoms with E-state index in [2.05, 4.69) is 4.90 Å². The van der Waals surface area contributed by atoms with Gasteiger partial charge in [-0.25, -0.2) is 4.39 Å². The Labute approximate surface area is 222 Å². The lowest BCUT2D eigenvalue weighted by Crippen LogP contribution is -2.53. The van der Waals surface area contributed by atoms with Crippen LogP contribution in [0.5, 0.6) is 5.75 Å². The number of piperazine rings is 1. The summed E-state index contributed by atoms with van der Waals surface area (Å²) in [5.74, 6) is -0.356. The van der Waals surface area contributed by atoms with Gasteiger partial charge in [-0.3, -0.25) is 9.59 Å². The molecule has 0 radical (unpaired) electrons. The van der Waals surface area contributed by atoms with Crippen molar-refractivity contribution in [2.24, 2.45) is 0 Å². The van der Waals surface area contributed by atoms with Crippen molar-refractivity contribution in [2.75, 3.05) is 58.5 Å². The lowest BCUT2D eigenvalue weighted by molar-refractivity contribution is -0.135. The number of halogens is 1. The molecule has 8 heteroatoms. The number of amides is 2. The molecular weight excluding hydrogens is 485 g/mol. The molecule has 198 valence electrons. The number of carbonyl (C=O) groups is 2. The molecule has 0 N–H and O–H groups in total. The molecule has 38 heavy (non-hydrogen) atoms. The summed E-state index contributed by atoms with van der Waals surface area (Å²) >= 11 is 0. The van der Waals surface area contributed by atoms with E-state index in [9.17, 15) is 14.0 Å². The van der Waals surface area contributed by atoms with E-state index < -0.39 is 12.0 Å². The first kappa shape index (κ1) is 25.7. The molecular formula is C30H32FN3O4. The Kier molecular flexibility index (Phi) is 7.60. The number of benzene rings is 3. The van der Waals surface area contributed by atoms with Crippen LogP contribution in [-0.4, -0.2) is 75.2 Å². The number of rotatable bonds is 7. The predicted molar refractivity (Wildman–Crippen MR) is 143 cm³/mol. The largest absolute Gasteiger partial charge is 0.497 e. The minimum absolute atomic E-state index is 0.0314. The van der Waals surface area contributed by atoms with Gasteiger partial charge in [0.05, 0.1) is 25.7 Å². The van der Waals surface area contributed by atoms with E-state index in [0.717, 1.165) is 17.0 Å². The smallest absolute Gasteiger partial charge is 0.254 e. The maximum Gasteiger partial charge on any atom is 0.254 e. The summed E-state index contributed by atoms with van der Waals surface area (Å²) in [6.45, 7) is 3.16. The number of methoxy groups -OCH3 is 2. The van der Waals surface area contributed by atoms with Crippen LogP contribution in [0, 0.1) is 5.82 Å². The van der Waals surface area contributed by atoms with Gasteiger partial charge in [-0.15, -0.1) is 0 Å². The number of fused-ring (bicyclic) bond motifs is 1. The Balaban J connectivity index is 1.46. The highest BCUT2D eigenvalue weighted by molar-refractivity contribution is 6.01. The molecule has 2 aliphatic heterocycles. The van der Waals surface area contributed by atoms with Crippen LogP contribution >= 0.6 is 0 Å². The molecule has 3 aromatic carbocycles. The third-order valence-corrected chi connectivity index (χ3v) is 7.48. The minimum atomic E-state index is -0.612. The summed E-state index contributed by atoms with van der Waals surface area (Å²) in [6.07, 6.45) is 0. The van der Waals surface area contributed by atoms with Gasteiger partial charge < -0.3 is 24.2 Å². The molecule has 0 aliphatic carbocycles. The van der Waals surface area contributed by atoms with Crippen molar-refractivity contribution >= 4 is 17.5 Å². The number of ether oxygens (including phenoxy) is 2. The molecule has 0 aromatic heterocycles. The van der Waals surface area contributed by atoms with Gasteiger partial charge in [0, 0.05) is 51.1 Å². The van der Waals surface area contributed by atoms with Gasteiger partial charge >= 0.3 is 0 Å². The maximum atomic E-state index is 14.3. The van der Waals surface area contributed by atoms with Crippen LogP contribution in [0.15, 0.2) is 72.8 Å². The van der Waals surface area contributed by atoms with E-state index in [-0.39, 0.29) is 17.6 Å². The fourth-order valence-corrected chi connectivity index (χ4v) is 5.50. The first-order valence-electron chi connectivity index (χ1n) is 12.8. The molecule has 0 saturated carbocycles. The number of hydrogen-bond donors (Lipinski definition) is 0. The summed E-state index contributed by atoms with van der Waals surface area (Å²) in [7, 11) is 3.23. The molecule has 0 unspecified atom stereocenters. The second-order valence-electron chi connectivity index (χ2n) is 9.56. The predicted octanol–water partition coefficient (Wildman–Crippen LogP) is 4.11. The Morgan fingerprint density at radius 1 is 0.921 bits per heavy atom. The van der Waals surface area contributed by atoms with Gasteiger partial charge in [-0.2, -0.15) is 0 Å². The number of carbonyl (C=O) groups excluding carboxylic acids is 2. The molecule has 7 nitrogen and oxygen atoms in total. The zero-order valence-corrected chi connectivity index (χ0v) is 21.7. The minimum Gasteiger partial charge on any atom is -0.497 e. The van der Waals surface area contributed by atoms with E-state index in [1.54, 1.807) is 37.3 Å². The van der Waals surface area contributed by atoms with Crippen LogP contribution in [0.3, 0.4) is 0 Å². The molecule has 5 rings (SSSR count). The average molecular weight is 518 g/mol. The van der Waals surface area contributed by atoms with E-state index >= 15 is 0 Å². The summed E-state index contributed by atoms with van der Waals surface area (Å²) < 4.78 is 24.4. The van der Waals surface area contributed by atoms with Crippen molar-refractivity contribution in [1.82, 2.24) is 9.80 Å². The van der Waals surface area contributed by atoms with Crippen molar-refractivity contribution in [2.45, 2.75) is 12.0 Å². The van der Waals surface area contributed by atoms with Crippen molar-refractivity contribution in [3.63, 3.8) is 0 Å². The molecule has 2 aliphatic rings. The van der Waals surface area contributed by atoms with Gasteiger partial charge in [0.15, 0.2) is 0 Å². The van der Waals surface area contributed by atoms with E-state index in [0.29, 0.717) is 50.5 Å². The number of nitrogens with zero attached hydrogens (tertiary/aromatic N) is 3. The Hall–Kier alpha value is -3.91. The van der Waals surface area contributed by atoms with E-state index in [4.69, 9.17) is 9.47 Å². The topological polar surface area (TPSA) is 62.3 Å². The molecule has 0 spiro atoms. The zero-order chi connectivity index (χ0) is 26.6. The first-order valence-corrected chi connectivity index (χ1v) is 12.8. The van der Waals surface area contributed by atoms with Crippen LogP contribution in [0.25, 0.3) is 0 Å². The lowest BCUT2D eigenvalue weighted by atomic mass is 9.78. The summed E-state index contributed by atoms with van der Waals surface area (Å²) in [6, 6.07) is 20.8. The van der Waals surface area contributed by atoms with Gasteiger partial charge in [-0.1, -0.05) is 30.3 Å². The highest BCUT2D eigenvalue weighted by Gasteiger charge is 2.45. The van der Waals surface area contributed by atoms with Crippen molar-refractivity contribution in [1.29, 1.82) is 0 Å². The average Bonchev–Trinajstić information content (AvgIpc) is 2.97. The van der Waals surface area contributed by atoms with Crippen LogP contribution in [0.2, 0.25) is 0 Å². The van der Waals surface area contributed by atoms with Crippen LogP contribution in [0.1, 0.15) is 33.4 Å². The third kappa shape index (κ3) is 4.96. The fraction of sp³-hybridized carbons (Fsp3) is 0.333. The Bertz CT molecular complexity index is 1270. The van der Waals surface area contributed by atoms with Crippen LogP contribution in [0.4, 0.5) is 10.1 Å². The lowest BCUT2D eigenvalue weighted by Gasteiger charge is -2.44. The fourth-order valence-electron chi connectivity index (χ4n) is 5.50. The van der Waals surface area contributed by atoms with Crippen LogP contribution in [-0.2, 0) is 9.53 Å². The van der Waals surface area contributed by atoms with E-state index in [1.807, 2.05) is 47.4 Å². The van der Waals surface area contributed by atoms with Gasteiger partial charge in [0.25, 0.3) is 5.91 Å². The monoisotopic (exact) mass is 517 g/mol. The molecule has 2 heterocycles. The second kappa shape index (κ2) is 11.2. The number of hydrogen-bond acceptors (Lipinski definition) is 5. The van der Waals surface area contributed by atoms with Crippen molar-refractivity contribution < 1.29 is 23.5 Å². The van der Waals surface area contributed by atoms with Gasteiger partial charge in [0.2, 0.25) is 5.91 Å². The van der Waals surface area contributed by atoms with Gasteiger partial charge in [-0.05, 0) is 53.6 Å². The summed E-state index contributed by atoms with van der Waals surface area (Å²) in [5.41, 5.74) is 3.04. The van der Waals surface area contributed by atoms with E-state index in [1.165, 1.54) is 12.1 Å². The Morgan fingerprint density at radius 2 is 1.61 bits per heavy atom. The quantitative estimate of drug-likeness (QED) is 0.472. The SMILES string of the molecule is COCCN1C(=O)c2ccccc2[C@H](C(=O)N2CCN(c3ccc(OC)cc3)CC2)[C@@H]1c1ccc(F)cc1. The molecule has 2 atom stereocenters. The summed E-state index contributed by atoms with van der Waals surface area (Å²) in [5, 5.41) is 0. The van der Waals surface area contributed by atoms with Crippen molar-refractivity contribution in [3.8, 4) is 5.75 Å². The molecule has 0 bridgehead atoms. The molecule has 1 fully saturated rings. The highest BCUT2D eigenvalue weighted by Crippen LogP contribution is 2.43. The van der Waals surface area contributed by atoms with Crippen molar-refractivity contribution in [3.05, 3.63) is 95.3 Å². The normalized spacial score (nSPS) is 19.3. The highest BCUT2D eigenvalue weighted by atomic mass is 19.1. The third-order valence-electron chi connectivity index (χ3n) is 7.48. The standard InChI is InChI=1S/C30H32FN3O4/c1-37-20-19-34-28(21-7-9-22(31)10-8-21)27(25-5-3-4-6-26(25)29(34)35)30(36)33-17-15-32(16-18-33)23-11-13-24(38-2)14-12-23/h3-14,27-28H,15-20H2,1-2H3/t27-,28-/m0/s1. The maximum absolute atomic E-state index is 14.3. The number of anilines is 1. The second-order valence-corrected chi connectivity index (χ2v) is 9.56. The Morgan fingerprint density at radius 3 is 2.26 bits per heavy atom. The zero-order valence-electron chi connectivity index (χ0n) is 21.7. The summed E-state index contributed by atoms with van der Waals surface area (Å²) in [4.78, 5) is 33.7. The molecule has 2 amide bonds. The van der Waals surface area contributed by atoms with Crippen LogP contribution < -0.4 is 9.64 Å².